The molecule has 0 N–H and O–H groups in total. The van der Waals surface area contributed by atoms with Gasteiger partial charge in [-0.2, -0.15) is 0 Å². The van der Waals surface area contributed by atoms with Crippen molar-refractivity contribution < 1.29 is 8.83 Å². The molecule has 4 nitrogen and oxygen atoms in total. The minimum atomic E-state index is 0.593. The second kappa shape index (κ2) is 8.44. The van der Waals surface area contributed by atoms with Gasteiger partial charge in [0.1, 0.15) is 16.7 Å². The van der Waals surface area contributed by atoms with Gasteiger partial charge in [-0.25, -0.2) is 4.98 Å². The average molecular weight is 527 g/mol. The van der Waals surface area contributed by atoms with Gasteiger partial charge in [-0.15, -0.1) is 0 Å². The molecule has 0 bridgehead atoms. The fourth-order valence-electron chi connectivity index (χ4n) is 6.19. The number of para-hydroxylation sites is 3. The number of rotatable bonds is 3. The lowest BCUT2D eigenvalue weighted by Crippen LogP contribution is -1.92. The molecule has 0 aliphatic heterocycles. The molecule has 9 aromatic rings. The van der Waals surface area contributed by atoms with Crippen LogP contribution in [0.25, 0.3) is 83.1 Å². The summed E-state index contributed by atoms with van der Waals surface area (Å²) >= 11 is 0. The first-order valence-electron chi connectivity index (χ1n) is 13.7. The van der Waals surface area contributed by atoms with E-state index in [2.05, 4.69) is 95.6 Å². The Hall–Kier alpha value is -5.61. The van der Waals surface area contributed by atoms with E-state index in [1.54, 1.807) is 0 Å². The van der Waals surface area contributed by atoms with Crippen molar-refractivity contribution in [3.63, 3.8) is 0 Å². The average Bonchev–Trinajstić information content (AvgIpc) is 3.73. The Labute approximate surface area is 234 Å². The van der Waals surface area contributed by atoms with Crippen molar-refractivity contribution in [2.75, 3.05) is 0 Å². The number of benzene rings is 6. The lowest BCUT2D eigenvalue weighted by atomic mass is 10.0. The lowest BCUT2D eigenvalue weighted by molar-refractivity contribution is 0.620. The Morgan fingerprint density at radius 2 is 1.22 bits per heavy atom. The predicted octanol–water partition coefficient (Wildman–Crippen LogP) is 10.2. The van der Waals surface area contributed by atoms with Crippen LogP contribution < -0.4 is 0 Å². The molecule has 6 aromatic carbocycles. The molecule has 0 spiro atoms. The lowest BCUT2D eigenvalue weighted by Gasteiger charge is -2.07. The zero-order chi connectivity index (χ0) is 26.9. The highest BCUT2D eigenvalue weighted by molar-refractivity contribution is 6.20. The van der Waals surface area contributed by atoms with E-state index in [9.17, 15) is 0 Å². The molecule has 0 aliphatic rings. The van der Waals surface area contributed by atoms with E-state index in [-0.39, 0.29) is 0 Å². The number of fused-ring (bicyclic) bond motifs is 8. The molecule has 0 saturated heterocycles. The first-order valence-corrected chi connectivity index (χ1v) is 13.7. The van der Waals surface area contributed by atoms with E-state index in [1.807, 2.05) is 42.5 Å². The molecule has 0 amide bonds. The largest absolute Gasteiger partial charge is 0.455 e. The van der Waals surface area contributed by atoms with Crippen molar-refractivity contribution in [3.05, 3.63) is 133 Å². The third kappa shape index (κ3) is 3.25. The number of nitrogens with zero attached hydrogens (tertiary/aromatic N) is 2. The highest BCUT2D eigenvalue weighted by Crippen LogP contribution is 2.42. The minimum absolute atomic E-state index is 0.593. The molecule has 3 heterocycles. The Morgan fingerprint density at radius 1 is 0.512 bits per heavy atom. The minimum Gasteiger partial charge on any atom is -0.455 e. The first-order chi connectivity index (χ1) is 20.3. The molecule has 0 fully saturated rings. The second-order valence-electron chi connectivity index (χ2n) is 10.4. The molecule has 9 rings (SSSR count). The molecule has 0 atom stereocenters. The SMILES string of the molecule is c1ccc(-c2cc3oc(-c4ccc5c(c4)c4ccccc4n5-c4ccccc4)nc3c3c2oc2ccccc23)cc1. The maximum atomic E-state index is 6.54. The van der Waals surface area contributed by atoms with Crippen LogP contribution in [0.3, 0.4) is 0 Å². The number of aromatic nitrogens is 2. The fraction of sp³-hybridized carbons (Fsp3) is 0. The summed E-state index contributed by atoms with van der Waals surface area (Å²) in [5.74, 6) is 0.593. The van der Waals surface area contributed by atoms with E-state index in [4.69, 9.17) is 13.8 Å². The smallest absolute Gasteiger partial charge is 0.227 e. The van der Waals surface area contributed by atoms with Crippen LogP contribution in [0.4, 0.5) is 0 Å². The Bertz CT molecular complexity index is 2410. The highest BCUT2D eigenvalue weighted by atomic mass is 16.4. The maximum Gasteiger partial charge on any atom is 0.227 e. The van der Waals surface area contributed by atoms with Crippen molar-refractivity contribution in [2.24, 2.45) is 0 Å². The van der Waals surface area contributed by atoms with Crippen LogP contribution in [0.5, 0.6) is 0 Å². The Balaban J connectivity index is 1.31. The van der Waals surface area contributed by atoms with E-state index in [0.29, 0.717) is 5.89 Å². The van der Waals surface area contributed by atoms with Crippen molar-refractivity contribution >= 4 is 54.8 Å². The van der Waals surface area contributed by atoms with Gasteiger partial charge in [0.25, 0.3) is 0 Å². The van der Waals surface area contributed by atoms with Gasteiger partial charge < -0.3 is 13.4 Å². The van der Waals surface area contributed by atoms with Crippen LogP contribution in [-0.2, 0) is 0 Å². The van der Waals surface area contributed by atoms with Crippen LogP contribution in [0.1, 0.15) is 0 Å². The van der Waals surface area contributed by atoms with Crippen LogP contribution in [-0.4, -0.2) is 9.55 Å². The molecule has 3 aromatic heterocycles. The van der Waals surface area contributed by atoms with Gasteiger partial charge in [0.2, 0.25) is 5.89 Å². The van der Waals surface area contributed by atoms with Crippen molar-refractivity contribution in [3.8, 4) is 28.3 Å². The standard InChI is InChI=1S/C37H22N2O2/c1-3-11-23(12-4-1)28-22-33-35(34-27-16-8-10-18-32(27)40-36(28)34)38-37(41-33)24-19-20-31-29(21-24)26-15-7-9-17-30(26)39(31)25-13-5-2-6-14-25/h1-22H. The highest BCUT2D eigenvalue weighted by Gasteiger charge is 2.21. The maximum absolute atomic E-state index is 6.54. The van der Waals surface area contributed by atoms with E-state index >= 15 is 0 Å². The van der Waals surface area contributed by atoms with Gasteiger partial charge in [-0.3, -0.25) is 0 Å². The third-order valence-corrected chi connectivity index (χ3v) is 8.02. The van der Waals surface area contributed by atoms with Gasteiger partial charge in [0.05, 0.1) is 16.4 Å². The zero-order valence-electron chi connectivity index (χ0n) is 21.9. The quantitative estimate of drug-likeness (QED) is 0.230. The first kappa shape index (κ1) is 22.2. The third-order valence-electron chi connectivity index (χ3n) is 8.02. The van der Waals surface area contributed by atoms with Gasteiger partial charge >= 0.3 is 0 Å². The molecule has 41 heavy (non-hydrogen) atoms. The Kier molecular flexibility index (Phi) is 4.58. The number of furan rings is 1. The van der Waals surface area contributed by atoms with Crippen LogP contribution in [0.15, 0.2) is 142 Å². The Morgan fingerprint density at radius 3 is 2.07 bits per heavy atom. The number of hydrogen-bond donors (Lipinski definition) is 0. The summed E-state index contributed by atoms with van der Waals surface area (Å²) in [7, 11) is 0. The molecule has 192 valence electrons. The second-order valence-corrected chi connectivity index (χ2v) is 10.4. The summed E-state index contributed by atoms with van der Waals surface area (Å²) < 4.78 is 15.3. The van der Waals surface area contributed by atoms with Crippen LogP contribution in [0.2, 0.25) is 0 Å². The van der Waals surface area contributed by atoms with Gasteiger partial charge in [0.15, 0.2) is 5.58 Å². The van der Waals surface area contributed by atoms with E-state index < -0.39 is 0 Å². The summed E-state index contributed by atoms with van der Waals surface area (Å²) in [6.45, 7) is 0. The van der Waals surface area contributed by atoms with Gasteiger partial charge in [-0.05, 0) is 54.1 Å². The van der Waals surface area contributed by atoms with Crippen LogP contribution in [0, 0.1) is 0 Å². The predicted molar refractivity (Wildman–Crippen MR) is 166 cm³/mol. The zero-order valence-corrected chi connectivity index (χ0v) is 21.9. The van der Waals surface area contributed by atoms with Crippen molar-refractivity contribution in [1.82, 2.24) is 9.55 Å². The summed E-state index contributed by atoms with van der Waals surface area (Å²) in [6, 6.07) is 46.0. The molecule has 0 radical (unpaired) electrons. The van der Waals surface area contributed by atoms with Gasteiger partial charge in [-0.1, -0.05) is 84.9 Å². The molecule has 0 aliphatic carbocycles. The molecule has 4 heteroatoms. The van der Waals surface area contributed by atoms with Crippen LogP contribution >= 0.6 is 0 Å². The summed E-state index contributed by atoms with van der Waals surface area (Å²) in [4.78, 5) is 5.09. The molecular weight excluding hydrogens is 504 g/mol. The molecule has 0 unspecified atom stereocenters. The van der Waals surface area contributed by atoms with E-state index in [1.165, 1.54) is 10.9 Å². The number of oxazole rings is 1. The number of hydrogen-bond acceptors (Lipinski definition) is 3. The van der Waals surface area contributed by atoms with E-state index in [0.717, 1.165) is 66.3 Å². The van der Waals surface area contributed by atoms with Crippen molar-refractivity contribution in [1.29, 1.82) is 0 Å². The van der Waals surface area contributed by atoms with Gasteiger partial charge in [0, 0.05) is 33.0 Å². The van der Waals surface area contributed by atoms with Crippen molar-refractivity contribution in [2.45, 2.75) is 0 Å². The molecule has 0 saturated carbocycles. The summed E-state index contributed by atoms with van der Waals surface area (Å²) in [5, 5.41) is 4.37. The summed E-state index contributed by atoms with van der Waals surface area (Å²) in [5.41, 5.74) is 9.67. The summed E-state index contributed by atoms with van der Waals surface area (Å²) in [6.07, 6.45) is 0. The molecular formula is C37H22N2O2. The monoisotopic (exact) mass is 526 g/mol. The fourth-order valence-corrected chi connectivity index (χ4v) is 6.19. The normalized spacial score (nSPS) is 11.9. The topological polar surface area (TPSA) is 44.1 Å².